The number of hydrogen-bond acceptors (Lipinski definition) is 4. The Bertz CT molecular complexity index is 713. The predicted molar refractivity (Wildman–Crippen MR) is 95.0 cm³/mol. The molecular weight excluding hydrogens is 304 g/mol. The van der Waals surface area contributed by atoms with Gasteiger partial charge in [0.2, 0.25) is 5.91 Å². The molecule has 0 aromatic heterocycles. The van der Waals surface area contributed by atoms with Crippen LogP contribution in [0.15, 0.2) is 42.5 Å². The molecule has 126 valence electrons. The predicted octanol–water partition coefficient (Wildman–Crippen LogP) is 3.46. The molecule has 0 saturated carbocycles. The summed E-state index contributed by atoms with van der Waals surface area (Å²) < 4.78 is 11.1. The molecule has 2 N–H and O–H groups in total. The van der Waals surface area contributed by atoms with Crippen LogP contribution < -0.4 is 20.1 Å². The molecule has 24 heavy (non-hydrogen) atoms. The molecule has 0 spiro atoms. The van der Waals surface area contributed by atoms with E-state index in [2.05, 4.69) is 17.6 Å². The highest BCUT2D eigenvalue weighted by molar-refractivity contribution is 5.96. The zero-order valence-electron chi connectivity index (χ0n) is 14.0. The maximum Gasteiger partial charge on any atom is 0.246 e. The van der Waals surface area contributed by atoms with E-state index in [4.69, 9.17) is 9.47 Å². The van der Waals surface area contributed by atoms with Gasteiger partial charge in [-0.25, -0.2) is 0 Å². The Morgan fingerprint density at radius 1 is 1.04 bits per heavy atom. The molecule has 1 aliphatic heterocycles. The fourth-order valence-electron chi connectivity index (χ4n) is 2.52. The zero-order chi connectivity index (χ0) is 16.9. The van der Waals surface area contributed by atoms with Crippen LogP contribution in [0.1, 0.15) is 19.4 Å². The number of nitrogens with one attached hydrogen (secondary N) is 2. The Kier molecular flexibility index (Phi) is 4.89. The van der Waals surface area contributed by atoms with Gasteiger partial charge in [0.1, 0.15) is 19.3 Å². The van der Waals surface area contributed by atoms with E-state index in [1.165, 1.54) is 5.56 Å². The van der Waals surface area contributed by atoms with Crippen LogP contribution in [0.5, 0.6) is 11.5 Å². The second kappa shape index (κ2) is 7.25. The molecule has 0 saturated heterocycles. The summed E-state index contributed by atoms with van der Waals surface area (Å²) in [6.07, 6.45) is 0.982. The van der Waals surface area contributed by atoms with Gasteiger partial charge >= 0.3 is 0 Å². The maximum atomic E-state index is 12.3. The smallest absolute Gasteiger partial charge is 0.246 e. The Morgan fingerprint density at radius 2 is 1.71 bits per heavy atom. The van der Waals surface area contributed by atoms with Crippen molar-refractivity contribution >= 4 is 17.3 Å². The van der Waals surface area contributed by atoms with Crippen molar-refractivity contribution in [3.63, 3.8) is 0 Å². The van der Waals surface area contributed by atoms with Crippen LogP contribution >= 0.6 is 0 Å². The summed E-state index contributed by atoms with van der Waals surface area (Å²) in [6, 6.07) is 13.1. The fourth-order valence-corrected chi connectivity index (χ4v) is 2.52. The summed E-state index contributed by atoms with van der Waals surface area (Å²) in [5.74, 6) is 1.35. The van der Waals surface area contributed by atoms with Gasteiger partial charge in [-0.15, -0.1) is 0 Å². The minimum Gasteiger partial charge on any atom is -0.486 e. The van der Waals surface area contributed by atoms with E-state index in [1.807, 2.05) is 49.4 Å². The van der Waals surface area contributed by atoms with E-state index >= 15 is 0 Å². The zero-order valence-corrected chi connectivity index (χ0v) is 14.0. The number of fused-ring (bicyclic) bond motifs is 1. The first kappa shape index (κ1) is 16.2. The van der Waals surface area contributed by atoms with E-state index < -0.39 is 0 Å². The van der Waals surface area contributed by atoms with Crippen molar-refractivity contribution in [3.8, 4) is 11.5 Å². The largest absolute Gasteiger partial charge is 0.486 e. The summed E-state index contributed by atoms with van der Waals surface area (Å²) in [7, 11) is 0. The van der Waals surface area contributed by atoms with Crippen LogP contribution in [0.4, 0.5) is 11.4 Å². The molecular formula is C19H22N2O3. The third-order valence-corrected chi connectivity index (χ3v) is 3.95. The number of carbonyl (C=O) groups excluding carboxylic acids is 1. The molecule has 3 rings (SSSR count). The van der Waals surface area contributed by atoms with Gasteiger partial charge in [-0.2, -0.15) is 0 Å². The highest BCUT2D eigenvalue weighted by Crippen LogP contribution is 2.32. The van der Waals surface area contributed by atoms with Crippen molar-refractivity contribution in [1.29, 1.82) is 0 Å². The summed E-state index contributed by atoms with van der Waals surface area (Å²) in [6.45, 7) is 5.04. The normalized spacial score (nSPS) is 13.9. The molecule has 0 aliphatic carbocycles. The van der Waals surface area contributed by atoms with Crippen LogP contribution in [0.3, 0.4) is 0 Å². The fraction of sp³-hybridized carbons (Fsp3) is 0.316. The van der Waals surface area contributed by atoms with Crippen molar-refractivity contribution in [1.82, 2.24) is 0 Å². The van der Waals surface area contributed by atoms with E-state index in [0.717, 1.165) is 23.5 Å². The number of benzene rings is 2. The molecule has 0 bridgehead atoms. The molecule has 1 aliphatic rings. The number of ether oxygens (including phenoxy) is 2. The van der Waals surface area contributed by atoms with Gasteiger partial charge < -0.3 is 20.1 Å². The second-order valence-corrected chi connectivity index (χ2v) is 5.76. The molecule has 0 unspecified atom stereocenters. The molecule has 5 heteroatoms. The number of amides is 1. The van der Waals surface area contributed by atoms with Gasteiger partial charge in [-0.05, 0) is 43.2 Å². The highest BCUT2D eigenvalue weighted by Gasteiger charge is 2.16. The van der Waals surface area contributed by atoms with Crippen LogP contribution in [-0.4, -0.2) is 25.2 Å². The maximum absolute atomic E-state index is 12.3. The highest BCUT2D eigenvalue weighted by atomic mass is 16.6. The summed E-state index contributed by atoms with van der Waals surface area (Å²) in [5.41, 5.74) is 2.87. The minimum absolute atomic E-state index is 0.0888. The summed E-state index contributed by atoms with van der Waals surface area (Å²) >= 11 is 0. The molecule has 1 amide bonds. The monoisotopic (exact) mass is 326 g/mol. The number of aryl methyl sites for hydroxylation is 1. The van der Waals surface area contributed by atoms with Crippen LogP contribution in [0.2, 0.25) is 0 Å². The van der Waals surface area contributed by atoms with Crippen LogP contribution in [0, 0.1) is 0 Å². The van der Waals surface area contributed by atoms with Gasteiger partial charge in [0.05, 0.1) is 0 Å². The Balaban J connectivity index is 1.61. The lowest BCUT2D eigenvalue weighted by molar-refractivity contribution is -0.116. The average Bonchev–Trinajstić information content (AvgIpc) is 2.62. The van der Waals surface area contributed by atoms with Gasteiger partial charge in [0.15, 0.2) is 11.5 Å². The first-order chi connectivity index (χ1) is 11.7. The number of hydrogen-bond donors (Lipinski definition) is 2. The van der Waals surface area contributed by atoms with E-state index in [9.17, 15) is 4.79 Å². The minimum atomic E-state index is -0.376. The van der Waals surface area contributed by atoms with Crippen molar-refractivity contribution < 1.29 is 14.3 Å². The lowest BCUT2D eigenvalue weighted by atomic mass is 10.1. The molecule has 2 aromatic carbocycles. The topological polar surface area (TPSA) is 59.6 Å². The van der Waals surface area contributed by atoms with Gasteiger partial charge in [0.25, 0.3) is 0 Å². The Hall–Kier alpha value is -2.69. The molecule has 1 atom stereocenters. The lowest BCUT2D eigenvalue weighted by Gasteiger charge is -2.20. The molecule has 0 fully saturated rings. The third-order valence-electron chi connectivity index (χ3n) is 3.95. The number of anilines is 2. The molecule has 5 nitrogen and oxygen atoms in total. The van der Waals surface area contributed by atoms with Crippen molar-refractivity contribution in [2.75, 3.05) is 23.8 Å². The van der Waals surface area contributed by atoms with Crippen molar-refractivity contribution in [2.45, 2.75) is 26.3 Å². The Morgan fingerprint density at radius 3 is 2.42 bits per heavy atom. The van der Waals surface area contributed by atoms with Crippen LogP contribution in [0.25, 0.3) is 0 Å². The number of carbonyl (C=O) groups is 1. The quantitative estimate of drug-likeness (QED) is 0.883. The van der Waals surface area contributed by atoms with Gasteiger partial charge in [-0.3, -0.25) is 4.79 Å². The van der Waals surface area contributed by atoms with Crippen molar-refractivity contribution in [3.05, 3.63) is 48.0 Å². The van der Waals surface area contributed by atoms with Crippen molar-refractivity contribution in [2.24, 2.45) is 0 Å². The van der Waals surface area contributed by atoms with E-state index in [-0.39, 0.29) is 11.9 Å². The molecule has 1 heterocycles. The van der Waals surface area contributed by atoms with Gasteiger partial charge in [0, 0.05) is 17.4 Å². The second-order valence-electron chi connectivity index (χ2n) is 5.76. The molecule has 2 aromatic rings. The SMILES string of the molecule is CCc1ccc(NC(=O)[C@H](C)Nc2ccc3c(c2)OCCO3)cc1. The van der Waals surface area contributed by atoms with E-state index in [1.54, 1.807) is 0 Å². The standard InChI is InChI=1S/C19H22N2O3/c1-3-14-4-6-15(7-5-14)21-19(22)13(2)20-16-8-9-17-18(12-16)24-11-10-23-17/h4-9,12-13,20H,3,10-11H2,1-2H3,(H,21,22)/t13-/m0/s1. The Labute approximate surface area is 142 Å². The third kappa shape index (κ3) is 3.79. The van der Waals surface area contributed by atoms with Crippen LogP contribution in [-0.2, 0) is 11.2 Å². The number of rotatable bonds is 5. The lowest BCUT2D eigenvalue weighted by Crippen LogP contribution is -2.31. The first-order valence-electron chi connectivity index (χ1n) is 8.21. The first-order valence-corrected chi connectivity index (χ1v) is 8.21. The van der Waals surface area contributed by atoms with Gasteiger partial charge in [-0.1, -0.05) is 19.1 Å². The summed E-state index contributed by atoms with van der Waals surface area (Å²) in [4.78, 5) is 12.3. The summed E-state index contributed by atoms with van der Waals surface area (Å²) in [5, 5.41) is 6.11. The molecule has 0 radical (unpaired) electrons. The van der Waals surface area contributed by atoms with E-state index in [0.29, 0.717) is 19.0 Å². The average molecular weight is 326 g/mol.